The number of carbonyl (C=O) groups is 1. The Labute approximate surface area is 155 Å². The Kier molecular flexibility index (Phi) is 4.93. The summed E-state index contributed by atoms with van der Waals surface area (Å²) in [6.45, 7) is 4.71. The van der Waals surface area contributed by atoms with E-state index in [-0.39, 0.29) is 5.91 Å². The first-order valence-corrected chi connectivity index (χ1v) is 9.50. The van der Waals surface area contributed by atoms with Crippen molar-refractivity contribution in [2.75, 3.05) is 20.1 Å². The van der Waals surface area contributed by atoms with Gasteiger partial charge in [-0.1, -0.05) is 30.7 Å². The standard InChI is InChI=1S/C22H26N2O2/c1-23-15-19-13-20(9-10-21(19)22(23)25)26-16-18-7-5-17(6-8-18)14-24-11-3-2-4-12-24/h5-10,13H,2-4,11-12,14-16H2,1H3. The molecule has 0 N–H and O–H groups in total. The highest BCUT2D eigenvalue weighted by Gasteiger charge is 2.24. The van der Waals surface area contributed by atoms with Crippen LogP contribution in [0.5, 0.6) is 5.75 Å². The van der Waals surface area contributed by atoms with Gasteiger partial charge in [0.05, 0.1) is 0 Å². The molecule has 1 fully saturated rings. The van der Waals surface area contributed by atoms with E-state index in [4.69, 9.17) is 4.74 Å². The van der Waals surface area contributed by atoms with E-state index >= 15 is 0 Å². The third kappa shape index (κ3) is 3.75. The van der Waals surface area contributed by atoms with Gasteiger partial charge >= 0.3 is 0 Å². The quantitative estimate of drug-likeness (QED) is 0.821. The minimum atomic E-state index is 0.0934. The Morgan fingerprint density at radius 1 is 0.962 bits per heavy atom. The first-order chi connectivity index (χ1) is 12.7. The minimum Gasteiger partial charge on any atom is -0.489 e. The average molecular weight is 350 g/mol. The molecule has 1 amide bonds. The summed E-state index contributed by atoms with van der Waals surface area (Å²) in [6, 6.07) is 14.5. The SMILES string of the molecule is CN1Cc2cc(OCc3ccc(CN4CCCCC4)cc3)ccc2C1=O. The number of hydrogen-bond acceptors (Lipinski definition) is 3. The molecule has 1 saturated heterocycles. The minimum absolute atomic E-state index is 0.0934. The molecule has 0 spiro atoms. The van der Waals surface area contributed by atoms with E-state index in [0.717, 1.165) is 23.4 Å². The van der Waals surface area contributed by atoms with Crippen molar-refractivity contribution in [1.29, 1.82) is 0 Å². The molecule has 4 nitrogen and oxygen atoms in total. The molecule has 2 aliphatic heterocycles. The predicted molar refractivity (Wildman–Crippen MR) is 102 cm³/mol. The second-order valence-electron chi connectivity index (χ2n) is 7.42. The van der Waals surface area contributed by atoms with E-state index in [1.54, 1.807) is 4.90 Å². The van der Waals surface area contributed by atoms with Gasteiger partial charge in [0.15, 0.2) is 0 Å². The molecule has 0 atom stereocenters. The van der Waals surface area contributed by atoms with Gasteiger partial charge in [-0.3, -0.25) is 9.69 Å². The largest absolute Gasteiger partial charge is 0.489 e. The smallest absolute Gasteiger partial charge is 0.254 e. The highest BCUT2D eigenvalue weighted by atomic mass is 16.5. The molecular weight excluding hydrogens is 324 g/mol. The highest BCUT2D eigenvalue weighted by molar-refractivity contribution is 5.98. The fraction of sp³-hybridized carbons (Fsp3) is 0.409. The Balaban J connectivity index is 1.33. The van der Waals surface area contributed by atoms with E-state index in [0.29, 0.717) is 13.2 Å². The summed E-state index contributed by atoms with van der Waals surface area (Å²) in [7, 11) is 1.83. The fourth-order valence-electron chi connectivity index (χ4n) is 3.82. The Morgan fingerprint density at radius 3 is 2.46 bits per heavy atom. The van der Waals surface area contributed by atoms with E-state index in [2.05, 4.69) is 29.2 Å². The van der Waals surface area contributed by atoms with Crippen LogP contribution in [-0.4, -0.2) is 35.8 Å². The van der Waals surface area contributed by atoms with Crippen LogP contribution in [0.3, 0.4) is 0 Å². The highest BCUT2D eigenvalue weighted by Crippen LogP contribution is 2.26. The molecule has 2 aliphatic rings. The lowest BCUT2D eigenvalue weighted by atomic mass is 10.1. The Hall–Kier alpha value is -2.33. The van der Waals surface area contributed by atoms with Crippen LogP contribution in [0.15, 0.2) is 42.5 Å². The van der Waals surface area contributed by atoms with Crippen LogP contribution in [0.2, 0.25) is 0 Å². The number of carbonyl (C=O) groups excluding carboxylic acids is 1. The summed E-state index contributed by atoms with van der Waals surface area (Å²) < 4.78 is 5.94. The number of benzene rings is 2. The Bertz CT molecular complexity index is 779. The van der Waals surface area contributed by atoms with Crippen LogP contribution in [0.25, 0.3) is 0 Å². The van der Waals surface area contributed by atoms with Gasteiger partial charge in [-0.15, -0.1) is 0 Å². The molecule has 2 aromatic rings. The first kappa shape index (κ1) is 17.1. The van der Waals surface area contributed by atoms with Gasteiger partial charge < -0.3 is 9.64 Å². The molecule has 4 heteroatoms. The zero-order chi connectivity index (χ0) is 17.9. The third-order valence-corrected chi connectivity index (χ3v) is 5.34. The molecule has 2 aromatic carbocycles. The second-order valence-corrected chi connectivity index (χ2v) is 7.42. The summed E-state index contributed by atoms with van der Waals surface area (Å²) in [5.74, 6) is 0.917. The molecule has 0 unspecified atom stereocenters. The van der Waals surface area contributed by atoms with E-state index < -0.39 is 0 Å². The summed E-state index contributed by atoms with van der Waals surface area (Å²) in [4.78, 5) is 16.2. The van der Waals surface area contributed by atoms with Gasteiger partial charge in [-0.25, -0.2) is 0 Å². The van der Waals surface area contributed by atoms with E-state index in [1.165, 1.54) is 43.5 Å². The first-order valence-electron chi connectivity index (χ1n) is 9.50. The van der Waals surface area contributed by atoms with Crippen molar-refractivity contribution in [2.45, 2.75) is 39.0 Å². The lowest BCUT2D eigenvalue weighted by Crippen LogP contribution is -2.29. The molecule has 0 aliphatic carbocycles. The van der Waals surface area contributed by atoms with Crippen molar-refractivity contribution >= 4 is 5.91 Å². The number of piperidine rings is 1. The van der Waals surface area contributed by atoms with Crippen LogP contribution in [-0.2, 0) is 19.7 Å². The number of nitrogens with zero attached hydrogens (tertiary/aromatic N) is 2. The molecule has 0 bridgehead atoms. The predicted octanol–water partition coefficient (Wildman–Crippen LogP) is 3.84. The monoisotopic (exact) mass is 350 g/mol. The number of fused-ring (bicyclic) bond motifs is 1. The van der Waals surface area contributed by atoms with Crippen LogP contribution in [0.4, 0.5) is 0 Å². The van der Waals surface area contributed by atoms with Crippen LogP contribution >= 0.6 is 0 Å². The van der Waals surface area contributed by atoms with Gasteiger partial charge in [-0.05, 0) is 60.8 Å². The summed E-state index contributed by atoms with van der Waals surface area (Å²) >= 11 is 0. The molecule has 0 saturated carbocycles. The molecule has 0 radical (unpaired) electrons. The molecule has 4 rings (SSSR count). The molecule has 136 valence electrons. The maximum Gasteiger partial charge on any atom is 0.254 e. The van der Waals surface area contributed by atoms with Gasteiger partial charge in [0.2, 0.25) is 0 Å². The normalized spacial score (nSPS) is 17.4. The summed E-state index contributed by atoms with van der Waals surface area (Å²) in [5.41, 5.74) is 4.38. The topological polar surface area (TPSA) is 32.8 Å². The molecular formula is C22H26N2O2. The fourth-order valence-corrected chi connectivity index (χ4v) is 3.82. The molecule has 2 heterocycles. The van der Waals surface area contributed by atoms with Crippen LogP contribution < -0.4 is 4.74 Å². The van der Waals surface area contributed by atoms with Crippen molar-refractivity contribution < 1.29 is 9.53 Å². The Morgan fingerprint density at radius 2 is 1.69 bits per heavy atom. The summed E-state index contributed by atoms with van der Waals surface area (Å²) in [6.07, 6.45) is 4.03. The number of likely N-dealkylation sites (tertiary alicyclic amines) is 1. The average Bonchev–Trinajstić information content (AvgIpc) is 2.95. The van der Waals surface area contributed by atoms with Crippen molar-refractivity contribution in [3.63, 3.8) is 0 Å². The zero-order valence-electron chi connectivity index (χ0n) is 15.4. The van der Waals surface area contributed by atoms with Gasteiger partial charge in [0, 0.05) is 25.7 Å². The zero-order valence-corrected chi connectivity index (χ0v) is 15.4. The third-order valence-electron chi connectivity index (χ3n) is 5.34. The van der Waals surface area contributed by atoms with E-state index in [9.17, 15) is 4.79 Å². The maximum atomic E-state index is 11.9. The van der Waals surface area contributed by atoms with Crippen LogP contribution in [0.1, 0.15) is 46.3 Å². The number of amides is 1. The van der Waals surface area contributed by atoms with Crippen molar-refractivity contribution in [3.8, 4) is 5.75 Å². The lowest BCUT2D eigenvalue weighted by molar-refractivity contribution is 0.0816. The lowest BCUT2D eigenvalue weighted by Gasteiger charge is -2.26. The van der Waals surface area contributed by atoms with Crippen LogP contribution in [0, 0.1) is 0 Å². The molecule has 0 aromatic heterocycles. The molecule has 26 heavy (non-hydrogen) atoms. The van der Waals surface area contributed by atoms with Crippen molar-refractivity contribution in [3.05, 3.63) is 64.7 Å². The van der Waals surface area contributed by atoms with Crippen molar-refractivity contribution in [2.24, 2.45) is 0 Å². The van der Waals surface area contributed by atoms with E-state index in [1.807, 2.05) is 25.2 Å². The second kappa shape index (κ2) is 7.50. The number of rotatable bonds is 5. The summed E-state index contributed by atoms with van der Waals surface area (Å²) in [5, 5.41) is 0. The maximum absolute atomic E-state index is 11.9. The van der Waals surface area contributed by atoms with Gasteiger partial charge in [0.1, 0.15) is 12.4 Å². The van der Waals surface area contributed by atoms with Gasteiger partial charge in [0.25, 0.3) is 5.91 Å². The van der Waals surface area contributed by atoms with Crippen molar-refractivity contribution in [1.82, 2.24) is 9.80 Å². The number of hydrogen-bond donors (Lipinski definition) is 0. The van der Waals surface area contributed by atoms with Gasteiger partial charge in [-0.2, -0.15) is 0 Å². The number of ether oxygens (including phenoxy) is 1.